The number of ether oxygens (including phenoxy) is 2. The molecular formula is C23H16F2N2O4. The summed E-state index contributed by atoms with van der Waals surface area (Å²) in [6.07, 6.45) is 2.77. The summed E-state index contributed by atoms with van der Waals surface area (Å²) >= 11 is 0. The van der Waals surface area contributed by atoms with Crippen molar-refractivity contribution in [1.82, 2.24) is 9.55 Å². The maximum atomic E-state index is 14.9. The number of hydrogen-bond acceptors (Lipinski definition) is 5. The number of pyridine rings is 2. The van der Waals surface area contributed by atoms with E-state index in [0.717, 1.165) is 0 Å². The summed E-state index contributed by atoms with van der Waals surface area (Å²) in [6.45, 7) is 0.0321. The van der Waals surface area contributed by atoms with Gasteiger partial charge in [0.15, 0.2) is 5.75 Å². The zero-order valence-electron chi connectivity index (χ0n) is 16.3. The van der Waals surface area contributed by atoms with Crippen LogP contribution >= 0.6 is 0 Å². The lowest BCUT2D eigenvalue weighted by Gasteiger charge is -2.14. The van der Waals surface area contributed by atoms with E-state index in [0.29, 0.717) is 17.0 Å². The van der Waals surface area contributed by atoms with Gasteiger partial charge in [0.2, 0.25) is 11.3 Å². The Morgan fingerprint density at radius 2 is 1.87 bits per heavy atom. The van der Waals surface area contributed by atoms with Crippen molar-refractivity contribution in [3.05, 3.63) is 88.3 Å². The maximum Gasteiger partial charge on any atom is 0.298 e. The summed E-state index contributed by atoms with van der Waals surface area (Å²) in [5, 5.41) is 0.0284. The largest absolute Gasteiger partial charge is 0.481 e. The molecule has 4 rings (SSSR count). The van der Waals surface area contributed by atoms with E-state index in [4.69, 9.17) is 9.47 Å². The minimum absolute atomic E-state index is 0.00594. The normalized spacial score (nSPS) is 10.8. The molecule has 0 aliphatic rings. The smallest absolute Gasteiger partial charge is 0.298 e. The highest BCUT2D eigenvalue weighted by molar-refractivity contribution is 5.81. The van der Waals surface area contributed by atoms with Crippen LogP contribution in [0.15, 0.2) is 65.7 Å². The molecule has 0 atom stereocenters. The van der Waals surface area contributed by atoms with Gasteiger partial charge >= 0.3 is 0 Å². The second-order valence-corrected chi connectivity index (χ2v) is 6.70. The Morgan fingerprint density at radius 3 is 2.55 bits per heavy atom. The van der Waals surface area contributed by atoms with Gasteiger partial charge in [0.05, 0.1) is 30.8 Å². The van der Waals surface area contributed by atoms with E-state index < -0.39 is 17.1 Å². The number of nitrogens with zero attached hydrogens (tertiary/aromatic N) is 2. The van der Waals surface area contributed by atoms with Crippen LogP contribution in [-0.2, 0) is 11.3 Å². The molecule has 0 radical (unpaired) electrons. The zero-order chi connectivity index (χ0) is 22.0. The molecule has 0 unspecified atom stereocenters. The fourth-order valence-electron chi connectivity index (χ4n) is 3.36. The molecule has 31 heavy (non-hydrogen) atoms. The van der Waals surface area contributed by atoms with Gasteiger partial charge in [-0.1, -0.05) is 18.2 Å². The van der Waals surface area contributed by atoms with Gasteiger partial charge in [-0.25, -0.2) is 13.8 Å². The summed E-state index contributed by atoms with van der Waals surface area (Å²) in [7, 11) is 1.51. The highest BCUT2D eigenvalue weighted by Gasteiger charge is 2.15. The quantitative estimate of drug-likeness (QED) is 0.441. The highest BCUT2D eigenvalue weighted by atomic mass is 19.1. The Hall–Kier alpha value is -4.07. The number of carbonyl (C=O) groups excluding carboxylic acids is 1. The molecule has 4 aromatic rings. The van der Waals surface area contributed by atoms with Gasteiger partial charge in [0.1, 0.15) is 11.6 Å². The fourth-order valence-corrected chi connectivity index (χ4v) is 3.36. The molecule has 2 aromatic heterocycles. The Balaban J connectivity index is 1.76. The third-order valence-electron chi connectivity index (χ3n) is 4.86. The molecule has 2 aromatic carbocycles. The van der Waals surface area contributed by atoms with Crippen molar-refractivity contribution in [1.29, 1.82) is 0 Å². The van der Waals surface area contributed by atoms with Crippen molar-refractivity contribution in [3.8, 4) is 22.8 Å². The van der Waals surface area contributed by atoms with Crippen LogP contribution in [0.5, 0.6) is 11.6 Å². The molecule has 0 saturated carbocycles. The zero-order valence-corrected chi connectivity index (χ0v) is 16.3. The number of aromatic nitrogens is 2. The van der Waals surface area contributed by atoms with Crippen LogP contribution < -0.4 is 14.9 Å². The number of rotatable bonds is 6. The number of para-hydroxylation sites is 1. The lowest BCUT2D eigenvalue weighted by atomic mass is 10.0. The van der Waals surface area contributed by atoms with Gasteiger partial charge in [0.25, 0.3) is 6.47 Å². The van der Waals surface area contributed by atoms with Gasteiger partial charge in [-0.3, -0.25) is 9.59 Å². The molecule has 0 fully saturated rings. The minimum Gasteiger partial charge on any atom is -0.481 e. The number of fused-ring (bicyclic) bond motifs is 1. The van der Waals surface area contributed by atoms with Crippen LogP contribution in [0.2, 0.25) is 0 Å². The monoisotopic (exact) mass is 422 g/mol. The van der Waals surface area contributed by atoms with Crippen molar-refractivity contribution >= 4 is 17.4 Å². The Bertz CT molecular complexity index is 1330. The molecule has 0 saturated heterocycles. The SMILES string of the molecule is COc1ccc(-c2ccc(Cn3cc(OC=O)c(=O)c4cccc(F)c43)c(F)c2)cn1. The first-order chi connectivity index (χ1) is 15.0. The van der Waals surface area contributed by atoms with E-state index in [9.17, 15) is 18.4 Å². The van der Waals surface area contributed by atoms with Crippen LogP contribution in [-0.4, -0.2) is 23.1 Å². The Morgan fingerprint density at radius 1 is 1.06 bits per heavy atom. The Kier molecular flexibility index (Phi) is 5.44. The van der Waals surface area contributed by atoms with Crippen LogP contribution in [0.4, 0.5) is 8.78 Å². The van der Waals surface area contributed by atoms with Crippen LogP contribution in [0.3, 0.4) is 0 Å². The summed E-state index contributed by atoms with van der Waals surface area (Å²) in [5.41, 5.74) is 0.940. The van der Waals surface area contributed by atoms with E-state index in [2.05, 4.69) is 4.98 Å². The number of benzene rings is 2. The van der Waals surface area contributed by atoms with Crippen molar-refractivity contribution in [2.45, 2.75) is 6.54 Å². The van der Waals surface area contributed by atoms with E-state index in [1.807, 2.05) is 0 Å². The number of carbonyl (C=O) groups is 1. The van der Waals surface area contributed by atoms with Crippen molar-refractivity contribution in [2.24, 2.45) is 0 Å². The maximum absolute atomic E-state index is 14.9. The standard InChI is InChI=1S/C23H16F2N2O4/c1-30-21-8-7-15(10-26-21)14-5-6-16(19(25)9-14)11-27-12-20(31-13-28)23(29)17-3-2-4-18(24)22(17)27/h2-10,12-13H,11H2,1H3. The highest BCUT2D eigenvalue weighted by Crippen LogP contribution is 2.25. The number of halogens is 2. The summed E-state index contributed by atoms with van der Waals surface area (Å²) in [5.74, 6) is -0.987. The molecular weight excluding hydrogens is 406 g/mol. The molecule has 8 heteroatoms. The second-order valence-electron chi connectivity index (χ2n) is 6.70. The lowest BCUT2D eigenvalue weighted by Crippen LogP contribution is -2.15. The van der Waals surface area contributed by atoms with E-state index in [1.54, 1.807) is 30.5 Å². The summed E-state index contributed by atoms with van der Waals surface area (Å²) < 4.78 is 40.5. The predicted octanol–water partition coefficient (Wildman–Crippen LogP) is 3.93. The van der Waals surface area contributed by atoms with Gasteiger partial charge in [-0.15, -0.1) is 0 Å². The topological polar surface area (TPSA) is 70.4 Å². The van der Waals surface area contributed by atoms with Gasteiger partial charge in [0, 0.05) is 23.4 Å². The van der Waals surface area contributed by atoms with Crippen LogP contribution in [0, 0.1) is 11.6 Å². The molecule has 0 bridgehead atoms. The predicted molar refractivity (Wildman–Crippen MR) is 110 cm³/mol. The fraction of sp³-hybridized carbons (Fsp3) is 0.0870. The van der Waals surface area contributed by atoms with E-state index >= 15 is 0 Å². The summed E-state index contributed by atoms with van der Waals surface area (Å²) in [4.78, 5) is 27.3. The molecule has 0 spiro atoms. The second kappa shape index (κ2) is 8.35. The first-order valence-electron chi connectivity index (χ1n) is 9.22. The minimum atomic E-state index is -0.645. The van der Waals surface area contributed by atoms with Crippen LogP contribution in [0.1, 0.15) is 5.56 Å². The van der Waals surface area contributed by atoms with Gasteiger partial charge in [-0.05, 0) is 29.8 Å². The van der Waals surface area contributed by atoms with E-state index in [-0.39, 0.29) is 35.2 Å². The van der Waals surface area contributed by atoms with Crippen molar-refractivity contribution < 1.29 is 23.0 Å². The third-order valence-corrected chi connectivity index (χ3v) is 4.86. The molecule has 0 N–H and O–H groups in total. The number of hydrogen-bond donors (Lipinski definition) is 0. The molecule has 2 heterocycles. The van der Waals surface area contributed by atoms with E-state index in [1.165, 1.54) is 42.1 Å². The van der Waals surface area contributed by atoms with Crippen LogP contribution in [0.25, 0.3) is 22.0 Å². The van der Waals surface area contributed by atoms with Gasteiger partial charge in [-0.2, -0.15) is 0 Å². The van der Waals surface area contributed by atoms with Crippen molar-refractivity contribution in [3.63, 3.8) is 0 Å². The number of methoxy groups -OCH3 is 1. The first-order valence-corrected chi connectivity index (χ1v) is 9.22. The molecule has 0 amide bonds. The first kappa shape index (κ1) is 20.2. The third kappa shape index (κ3) is 3.87. The molecule has 156 valence electrons. The summed E-state index contributed by atoms with van der Waals surface area (Å²) in [6, 6.07) is 12.1. The molecule has 0 aliphatic heterocycles. The lowest BCUT2D eigenvalue weighted by molar-refractivity contribution is -0.120. The average Bonchev–Trinajstić information content (AvgIpc) is 2.78. The van der Waals surface area contributed by atoms with Gasteiger partial charge < -0.3 is 14.0 Å². The Labute approximate surface area is 175 Å². The van der Waals surface area contributed by atoms with Crippen molar-refractivity contribution in [2.75, 3.05) is 7.11 Å². The molecule has 6 nitrogen and oxygen atoms in total. The molecule has 0 aliphatic carbocycles. The average molecular weight is 422 g/mol.